The molecule has 0 spiro atoms. The molecular weight excluding hydrogens is 408 g/mol. The van der Waals surface area contributed by atoms with Gasteiger partial charge in [-0.2, -0.15) is 0 Å². The van der Waals surface area contributed by atoms with E-state index < -0.39 is 21.3 Å². The first kappa shape index (κ1) is 23.3. The normalized spacial score (nSPS) is 32.2. The number of ketones is 2. The second-order valence-electron chi connectivity index (χ2n) is 10.0. The fourth-order valence-electron chi connectivity index (χ4n) is 6.01. The molecule has 3 saturated carbocycles. The van der Waals surface area contributed by atoms with Crippen LogP contribution in [0.2, 0.25) is 0 Å². The zero-order valence-corrected chi connectivity index (χ0v) is 19.5. The highest BCUT2D eigenvalue weighted by Crippen LogP contribution is 2.64. The van der Waals surface area contributed by atoms with Crippen LogP contribution in [-0.4, -0.2) is 47.5 Å². The molecule has 0 amide bonds. The fraction of sp³-hybridized carbons (Fsp3) is 0.909. The van der Waals surface area contributed by atoms with Crippen molar-refractivity contribution in [2.24, 2.45) is 22.7 Å². The van der Waals surface area contributed by atoms with Crippen LogP contribution in [-0.2, 0) is 30.6 Å². The SMILES string of the molecule is CC1(C)C2CCC1(CS(=O)(=O)[O-])C(=O)C2.O=C(C[S+]1CCCCC1)C1CCCC1. The van der Waals surface area contributed by atoms with Crippen LogP contribution in [0.1, 0.15) is 78.1 Å². The van der Waals surface area contributed by atoms with Crippen LogP contribution >= 0.6 is 0 Å². The van der Waals surface area contributed by atoms with Gasteiger partial charge < -0.3 is 4.55 Å². The molecule has 2 atom stereocenters. The second-order valence-corrected chi connectivity index (χ2v) is 13.8. The van der Waals surface area contributed by atoms with E-state index in [2.05, 4.69) is 0 Å². The molecule has 4 rings (SSSR count). The summed E-state index contributed by atoms with van der Waals surface area (Å²) in [5.74, 6) is 4.41. The average Bonchev–Trinajstić information content (AvgIpc) is 3.29. The lowest BCUT2D eigenvalue weighted by Gasteiger charge is -2.37. The van der Waals surface area contributed by atoms with Gasteiger partial charge in [0.15, 0.2) is 11.5 Å². The summed E-state index contributed by atoms with van der Waals surface area (Å²) in [6.07, 6.45) is 11.0. The molecule has 7 heteroatoms. The van der Waals surface area contributed by atoms with Gasteiger partial charge in [0.2, 0.25) is 0 Å². The Labute approximate surface area is 178 Å². The molecule has 166 valence electrons. The van der Waals surface area contributed by atoms with Crippen LogP contribution in [0.3, 0.4) is 0 Å². The van der Waals surface area contributed by atoms with E-state index in [0.29, 0.717) is 35.4 Å². The summed E-state index contributed by atoms with van der Waals surface area (Å²) >= 11 is 0. The Morgan fingerprint density at radius 2 is 1.69 bits per heavy atom. The average molecular weight is 445 g/mol. The number of hydrogen-bond acceptors (Lipinski definition) is 5. The molecule has 0 N–H and O–H groups in total. The van der Waals surface area contributed by atoms with Crippen molar-refractivity contribution in [3.63, 3.8) is 0 Å². The van der Waals surface area contributed by atoms with Gasteiger partial charge in [0.05, 0.1) is 15.9 Å². The lowest BCUT2D eigenvalue weighted by molar-refractivity contribution is -0.128. The van der Waals surface area contributed by atoms with Crippen molar-refractivity contribution < 1.29 is 22.6 Å². The number of fused-ring (bicyclic) bond motifs is 2. The van der Waals surface area contributed by atoms with E-state index >= 15 is 0 Å². The van der Waals surface area contributed by atoms with Gasteiger partial charge in [-0.25, -0.2) is 8.42 Å². The number of carbonyl (C=O) groups excluding carboxylic acids is 2. The largest absolute Gasteiger partial charge is 0.748 e. The van der Waals surface area contributed by atoms with Crippen molar-refractivity contribution in [3.8, 4) is 0 Å². The molecule has 1 aliphatic heterocycles. The zero-order chi connectivity index (χ0) is 21.3. The minimum Gasteiger partial charge on any atom is -0.748 e. The van der Waals surface area contributed by atoms with Crippen molar-refractivity contribution in [2.75, 3.05) is 23.0 Å². The van der Waals surface area contributed by atoms with Crippen molar-refractivity contribution in [1.82, 2.24) is 0 Å². The minimum absolute atomic E-state index is 0.0248. The third-order valence-corrected chi connectivity index (χ3v) is 11.4. The zero-order valence-electron chi connectivity index (χ0n) is 17.9. The van der Waals surface area contributed by atoms with Gasteiger partial charge in [0.25, 0.3) is 0 Å². The van der Waals surface area contributed by atoms with Crippen LogP contribution in [0.15, 0.2) is 0 Å². The minimum atomic E-state index is -4.33. The molecular formula is C22H36O5S2. The number of hydrogen-bond donors (Lipinski definition) is 0. The Bertz CT molecular complexity index is 717. The second kappa shape index (κ2) is 8.99. The molecule has 0 radical (unpaired) electrons. The lowest BCUT2D eigenvalue weighted by Crippen LogP contribution is -2.42. The van der Waals surface area contributed by atoms with E-state index in [1.807, 2.05) is 13.8 Å². The first-order chi connectivity index (χ1) is 13.6. The third-order valence-electron chi connectivity index (χ3n) is 8.09. The van der Waals surface area contributed by atoms with E-state index in [-0.39, 0.29) is 17.1 Å². The van der Waals surface area contributed by atoms with Gasteiger partial charge in [-0.1, -0.05) is 26.7 Å². The van der Waals surface area contributed by atoms with E-state index in [1.54, 1.807) is 0 Å². The predicted octanol–water partition coefficient (Wildman–Crippen LogP) is 3.47. The van der Waals surface area contributed by atoms with Gasteiger partial charge in [-0.05, 0) is 67.2 Å². The summed E-state index contributed by atoms with van der Waals surface area (Å²) < 4.78 is 32.7. The highest BCUT2D eigenvalue weighted by Gasteiger charge is 2.64. The van der Waals surface area contributed by atoms with E-state index in [4.69, 9.17) is 0 Å². The standard InChI is InChI=1S/C12H21OS.C10H16O4S/c13-12(11-6-2-3-7-11)10-14-8-4-1-5-9-14;1-9(2)7-3-4-10(9,8(11)5-7)6-15(12,13)14/h11H,1-10H2;7H,3-6H2,1-2H3,(H,12,13,14)/q+1;/p-1. The van der Waals surface area contributed by atoms with Crippen molar-refractivity contribution in [3.05, 3.63) is 0 Å². The Morgan fingerprint density at radius 1 is 1.07 bits per heavy atom. The van der Waals surface area contributed by atoms with Gasteiger partial charge in [-0.15, -0.1) is 0 Å². The fourth-order valence-corrected chi connectivity index (χ4v) is 9.65. The molecule has 0 aromatic heterocycles. The molecule has 2 bridgehead atoms. The van der Waals surface area contributed by atoms with Gasteiger partial charge >= 0.3 is 0 Å². The van der Waals surface area contributed by atoms with Crippen LogP contribution in [0.4, 0.5) is 0 Å². The number of carbonyl (C=O) groups is 2. The maximum absolute atomic E-state index is 11.9. The molecule has 0 aromatic rings. The quantitative estimate of drug-likeness (QED) is 0.478. The number of Topliss-reactive ketones (excluding diaryl/α,β-unsaturated/α-hetero) is 2. The van der Waals surface area contributed by atoms with Crippen molar-refractivity contribution in [1.29, 1.82) is 0 Å². The molecule has 2 unspecified atom stereocenters. The summed E-state index contributed by atoms with van der Waals surface area (Å²) in [6, 6.07) is 0. The van der Waals surface area contributed by atoms with Crippen molar-refractivity contribution in [2.45, 2.75) is 78.1 Å². The van der Waals surface area contributed by atoms with E-state index in [0.717, 1.165) is 12.2 Å². The maximum Gasteiger partial charge on any atom is 0.184 e. The Hall–Kier alpha value is -0.400. The molecule has 4 aliphatic rings. The molecule has 1 heterocycles. The van der Waals surface area contributed by atoms with Gasteiger partial charge in [0, 0.05) is 17.8 Å². The molecule has 1 saturated heterocycles. The first-order valence-corrected chi connectivity index (χ1v) is 14.5. The summed E-state index contributed by atoms with van der Waals surface area (Å²) in [4.78, 5) is 23.8. The summed E-state index contributed by atoms with van der Waals surface area (Å²) in [7, 11) is -3.85. The highest BCUT2D eigenvalue weighted by molar-refractivity contribution is 7.97. The third kappa shape index (κ3) is 5.09. The van der Waals surface area contributed by atoms with Crippen molar-refractivity contribution >= 4 is 32.6 Å². The Morgan fingerprint density at radius 3 is 2.17 bits per heavy atom. The van der Waals surface area contributed by atoms with Crippen LogP contribution in [0.5, 0.6) is 0 Å². The molecule has 5 nitrogen and oxygen atoms in total. The topological polar surface area (TPSA) is 91.3 Å². The maximum atomic E-state index is 11.9. The van der Waals surface area contributed by atoms with Crippen LogP contribution < -0.4 is 0 Å². The van der Waals surface area contributed by atoms with Crippen LogP contribution in [0, 0.1) is 22.7 Å². The summed E-state index contributed by atoms with van der Waals surface area (Å²) in [5.41, 5.74) is -1.22. The molecule has 0 aromatic carbocycles. The summed E-state index contributed by atoms with van der Waals surface area (Å²) in [6.45, 7) is 3.83. The lowest BCUT2D eigenvalue weighted by atomic mass is 9.70. The highest BCUT2D eigenvalue weighted by atomic mass is 32.2. The smallest absolute Gasteiger partial charge is 0.184 e. The van der Waals surface area contributed by atoms with E-state index in [9.17, 15) is 22.6 Å². The molecule has 4 fully saturated rings. The Balaban J connectivity index is 0.000000166. The Kier molecular flexibility index (Phi) is 7.22. The van der Waals surface area contributed by atoms with Gasteiger partial charge in [0.1, 0.15) is 17.3 Å². The van der Waals surface area contributed by atoms with E-state index in [1.165, 1.54) is 56.5 Å². The summed E-state index contributed by atoms with van der Waals surface area (Å²) in [5, 5.41) is 0. The van der Waals surface area contributed by atoms with Gasteiger partial charge in [-0.3, -0.25) is 9.59 Å². The van der Waals surface area contributed by atoms with Crippen LogP contribution in [0.25, 0.3) is 0 Å². The first-order valence-electron chi connectivity index (χ1n) is 11.2. The molecule has 29 heavy (non-hydrogen) atoms. The predicted molar refractivity (Wildman–Crippen MR) is 116 cm³/mol. The molecule has 3 aliphatic carbocycles. The number of rotatable bonds is 5. The monoisotopic (exact) mass is 444 g/mol.